The summed E-state index contributed by atoms with van der Waals surface area (Å²) in [5, 5.41) is 6.79. The maximum absolute atomic E-state index is 14.5. The van der Waals surface area contributed by atoms with Crippen molar-refractivity contribution in [1.29, 1.82) is 0 Å². The number of nitrogens with zero attached hydrogens (tertiary/aromatic N) is 4. The van der Waals surface area contributed by atoms with Gasteiger partial charge in [0.1, 0.15) is 12.0 Å². The van der Waals surface area contributed by atoms with Gasteiger partial charge in [-0.25, -0.2) is 19.2 Å². The van der Waals surface area contributed by atoms with E-state index in [-0.39, 0.29) is 24.7 Å². The maximum atomic E-state index is 14.5. The van der Waals surface area contributed by atoms with E-state index in [2.05, 4.69) is 25.6 Å². The summed E-state index contributed by atoms with van der Waals surface area (Å²) in [5.74, 6) is 1.58. The number of piperidine rings is 1. The summed E-state index contributed by atoms with van der Waals surface area (Å²) in [6, 6.07) is 3.27. The Hall–Kier alpha value is -3.07. The fourth-order valence-corrected chi connectivity index (χ4v) is 3.62. The number of nitrogens with one attached hydrogen (secondary N) is 2. The molecule has 0 radical (unpaired) electrons. The molecule has 1 aliphatic heterocycles. The standard InChI is InChI=1S/C21H25FN6O2/c1-12(2)26-17-4-5-28(11-16(17)22)21(29)27-20-7-14-6-15(8-24-18(14)9-25-20)19-10-23-13(3)30-19/h6-10,12,16-17,26H,4-5,11H2,1-3H3,(H,25,27,29)/t16-,17-/m0/s1. The second-order valence-electron chi connectivity index (χ2n) is 7.84. The summed E-state index contributed by atoms with van der Waals surface area (Å²) in [6.45, 7) is 6.29. The fourth-order valence-electron chi connectivity index (χ4n) is 3.62. The van der Waals surface area contributed by atoms with Crippen LogP contribution in [0, 0.1) is 6.92 Å². The molecule has 2 atom stereocenters. The number of pyridine rings is 2. The molecule has 0 aromatic carbocycles. The van der Waals surface area contributed by atoms with Crippen LogP contribution < -0.4 is 10.6 Å². The predicted octanol–water partition coefficient (Wildman–Crippen LogP) is 3.54. The number of anilines is 1. The van der Waals surface area contributed by atoms with Gasteiger partial charge in [-0.1, -0.05) is 13.8 Å². The van der Waals surface area contributed by atoms with Gasteiger partial charge in [0.15, 0.2) is 11.7 Å². The smallest absolute Gasteiger partial charge is 0.323 e. The van der Waals surface area contributed by atoms with Crippen LogP contribution in [0.2, 0.25) is 0 Å². The number of rotatable bonds is 4. The molecule has 0 unspecified atom stereocenters. The van der Waals surface area contributed by atoms with Gasteiger partial charge in [-0.05, 0) is 18.6 Å². The van der Waals surface area contributed by atoms with Crippen LogP contribution in [-0.2, 0) is 0 Å². The Balaban J connectivity index is 1.46. The summed E-state index contributed by atoms with van der Waals surface area (Å²) in [7, 11) is 0. The Morgan fingerprint density at radius 1 is 1.23 bits per heavy atom. The molecular formula is C21H25FN6O2. The number of hydrogen-bond acceptors (Lipinski definition) is 6. The normalized spacial score (nSPS) is 19.4. The van der Waals surface area contributed by atoms with Crippen molar-refractivity contribution in [3.8, 4) is 11.3 Å². The van der Waals surface area contributed by atoms with E-state index >= 15 is 0 Å². The second-order valence-corrected chi connectivity index (χ2v) is 7.84. The van der Waals surface area contributed by atoms with Crippen molar-refractivity contribution in [3.63, 3.8) is 0 Å². The summed E-state index contributed by atoms with van der Waals surface area (Å²) in [6.07, 6.45) is 4.40. The zero-order valence-electron chi connectivity index (χ0n) is 17.2. The molecule has 1 aliphatic rings. The third-order valence-electron chi connectivity index (χ3n) is 5.08. The lowest BCUT2D eigenvalue weighted by Gasteiger charge is -2.35. The molecule has 3 aromatic heterocycles. The average Bonchev–Trinajstić information content (AvgIpc) is 3.15. The highest BCUT2D eigenvalue weighted by Gasteiger charge is 2.31. The number of aryl methyl sites for hydroxylation is 1. The lowest BCUT2D eigenvalue weighted by molar-refractivity contribution is 0.119. The van der Waals surface area contributed by atoms with E-state index in [1.54, 1.807) is 31.6 Å². The molecule has 3 aromatic rings. The molecular weight excluding hydrogens is 387 g/mol. The zero-order valence-corrected chi connectivity index (χ0v) is 17.2. The first kappa shape index (κ1) is 20.2. The Morgan fingerprint density at radius 3 is 2.77 bits per heavy atom. The SMILES string of the molecule is Cc1ncc(-c2cnc3cnc(NC(=O)N4CC[C@H](NC(C)C)[C@@H](F)C4)cc3c2)o1. The first-order valence-electron chi connectivity index (χ1n) is 10.0. The van der Waals surface area contributed by atoms with Crippen LogP contribution in [0.3, 0.4) is 0 Å². The van der Waals surface area contributed by atoms with E-state index < -0.39 is 6.17 Å². The van der Waals surface area contributed by atoms with Crippen LogP contribution in [0.25, 0.3) is 22.2 Å². The van der Waals surface area contributed by atoms with Gasteiger partial charge in [0.2, 0.25) is 0 Å². The van der Waals surface area contributed by atoms with Gasteiger partial charge in [-0.2, -0.15) is 0 Å². The molecule has 0 saturated carbocycles. The molecule has 8 nitrogen and oxygen atoms in total. The van der Waals surface area contributed by atoms with E-state index in [4.69, 9.17) is 4.42 Å². The fraction of sp³-hybridized carbons (Fsp3) is 0.429. The van der Waals surface area contributed by atoms with Crippen molar-refractivity contribution in [2.75, 3.05) is 18.4 Å². The van der Waals surface area contributed by atoms with Crippen molar-refractivity contribution in [2.24, 2.45) is 0 Å². The van der Waals surface area contributed by atoms with Crippen LogP contribution in [0.5, 0.6) is 0 Å². The number of fused-ring (bicyclic) bond motifs is 1. The number of aromatic nitrogens is 3. The van der Waals surface area contributed by atoms with Crippen LogP contribution in [0.15, 0.2) is 35.1 Å². The Morgan fingerprint density at radius 2 is 2.07 bits per heavy atom. The maximum Gasteiger partial charge on any atom is 0.323 e. The lowest BCUT2D eigenvalue weighted by Crippen LogP contribution is -2.54. The third kappa shape index (κ3) is 4.40. The number of hydrogen-bond donors (Lipinski definition) is 2. The molecule has 1 fully saturated rings. The number of carbonyl (C=O) groups excluding carboxylic acids is 1. The molecule has 9 heteroatoms. The molecule has 4 rings (SSSR count). The first-order valence-corrected chi connectivity index (χ1v) is 10.0. The van der Waals surface area contributed by atoms with Gasteiger partial charge in [-0.3, -0.25) is 10.3 Å². The summed E-state index contributed by atoms with van der Waals surface area (Å²) >= 11 is 0. The molecule has 4 heterocycles. The molecule has 30 heavy (non-hydrogen) atoms. The highest BCUT2D eigenvalue weighted by molar-refractivity contribution is 5.91. The molecule has 0 aliphatic carbocycles. The van der Waals surface area contributed by atoms with Gasteiger partial charge in [0, 0.05) is 42.7 Å². The topological polar surface area (TPSA) is 96.2 Å². The van der Waals surface area contributed by atoms with Crippen LogP contribution in [-0.4, -0.2) is 57.2 Å². The highest BCUT2D eigenvalue weighted by Crippen LogP contribution is 2.24. The van der Waals surface area contributed by atoms with Crippen LogP contribution in [0.1, 0.15) is 26.2 Å². The monoisotopic (exact) mass is 412 g/mol. The van der Waals surface area contributed by atoms with Gasteiger partial charge in [0.05, 0.1) is 24.5 Å². The van der Waals surface area contributed by atoms with Crippen molar-refractivity contribution in [2.45, 2.75) is 45.4 Å². The summed E-state index contributed by atoms with van der Waals surface area (Å²) in [5.41, 5.74) is 1.48. The quantitative estimate of drug-likeness (QED) is 0.681. The van der Waals surface area contributed by atoms with E-state index in [1.807, 2.05) is 19.9 Å². The molecule has 2 N–H and O–H groups in total. The third-order valence-corrected chi connectivity index (χ3v) is 5.08. The van der Waals surface area contributed by atoms with Crippen molar-refractivity contribution in [1.82, 2.24) is 25.2 Å². The van der Waals surface area contributed by atoms with Crippen LogP contribution in [0.4, 0.5) is 15.0 Å². The number of likely N-dealkylation sites (tertiary alicyclic amines) is 1. The number of oxazole rings is 1. The van der Waals surface area contributed by atoms with E-state index in [0.717, 1.165) is 10.9 Å². The molecule has 2 amide bonds. The molecule has 0 bridgehead atoms. The molecule has 158 valence electrons. The van der Waals surface area contributed by atoms with Gasteiger partial charge in [-0.15, -0.1) is 0 Å². The number of carbonyl (C=O) groups is 1. The Labute approximate surface area is 173 Å². The van der Waals surface area contributed by atoms with Gasteiger partial charge < -0.3 is 14.6 Å². The van der Waals surface area contributed by atoms with Gasteiger partial charge in [0.25, 0.3) is 0 Å². The first-order chi connectivity index (χ1) is 14.4. The van der Waals surface area contributed by atoms with E-state index in [1.165, 1.54) is 4.90 Å². The minimum atomic E-state index is -1.10. The largest absolute Gasteiger partial charge is 0.441 e. The summed E-state index contributed by atoms with van der Waals surface area (Å²) in [4.78, 5) is 26.9. The molecule has 1 saturated heterocycles. The average molecular weight is 412 g/mol. The van der Waals surface area contributed by atoms with Crippen molar-refractivity contribution >= 4 is 22.8 Å². The second kappa shape index (κ2) is 8.35. The lowest BCUT2D eigenvalue weighted by atomic mass is 10.0. The van der Waals surface area contributed by atoms with Crippen LogP contribution >= 0.6 is 0 Å². The van der Waals surface area contributed by atoms with E-state index in [9.17, 15) is 9.18 Å². The molecule has 0 spiro atoms. The minimum absolute atomic E-state index is 0.0559. The zero-order chi connectivity index (χ0) is 21.3. The predicted molar refractivity (Wildman–Crippen MR) is 112 cm³/mol. The Bertz CT molecular complexity index is 1050. The number of alkyl halides is 1. The van der Waals surface area contributed by atoms with Crippen molar-refractivity contribution in [3.05, 3.63) is 36.6 Å². The number of amides is 2. The minimum Gasteiger partial charge on any atom is -0.441 e. The van der Waals surface area contributed by atoms with E-state index in [0.29, 0.717) is 36.0 Å². The Kier molecular flexibility index (Phi) is 5.63. The number of urea groups is 1. The summed E-state index contributed by atoms with van der Waals surface area (Å²) < 4.78 is 20.0. The van der Waals surface area contributed by atoms with Crippen molar-refractivity contribution < 1.29 is 13.6 Å². The highest BCUT2D eigenvalue weighted by atomic mass is 19.1. The number of halogens is 1. The van der Waals surface area contributed by atoms with Gasteiger partial charge >= 0.3 is 6.03 Å².